The summed E-state index contributed by atoms with van der Waals surface area (Å²) in [5.41, 5.74) is 2.84. The van der Waals surface area contributed by atoms with Gasteiger partial charge in [-0.1, -0.05) is 24.3 Å². The van der Waals surface area contributed by atoms with Gasteiger partial charge in [-0.15, -0.1) is 0 Å². The maximum atomic E-state index is 5.93. The molecule has 2 unspecified atom stereocenters. The maximum Gasteiger partial charge on any atom is 0.0952 e. The first-order valence-corrected chi connectivity index (χ1v) is 8.29. The summed E-state index contributed by atoms with van der Waals surface area (Å²) in [6, 6.07) is 8.70. The van der Waals surface area contributed by atoms with Gasteiger partial charge in [0.25, 0.3) is 0 Å². The third kappa shape index (κ3) is 3.15. The SMILES string of the molecule is CC1(CNCC2OCCc3ccccc32)CCCS1. The van der Waals surface area contributed by atoms with Crippen LogP contribution in [0, 0.1) is 0 Å². The Hall–Kier alpha value is -0.510. The Balaban J connectivity index is 1.56. The van der Waals surface area contributed by atoms with E-state index in [0.717, 1.165) is 26.1 Å². The highest BCUT2D eigenvalue weighted by Crippen LogP contribution is 2.37. The van der Waals surface area contributed by atoms with Gasteiger partial charge in [-0.05, 0) is 43.1 Å². The highest BCUT2D eigenvalue weighted by Gasteiger charge is 2.29. The summed E-state index contributed by atoms with van der Waals surface area (Å²) in [6.07, 6.45) is 4.00. The lowest BCUT2D eigenvalue weighted by atomic mass is 9.97. The molecule has 0 saturated carbocycles. The molecule has 0 aliphatic carbocycles. The highest BCUT2D eigenvalue weighted by molar-refractivity contribution is 8.00. The standard InChI is InChI=1S/C16H23NOS/c1-16(8-4-10-19-16)12-17-11-15-14-6-3-2-5-13(14)7-9-18-15/h2-3,5-6,15,17H,4,7-12H2,1H3. The lowest BCUT2D eigenvalue weighted by Gasteiger charge is -2.28. The van der Waals surface area contributed by atoms with Crippen molar-refractivity contribution in [2.45, 2.75) is 37.0 Å². The van der Waals surface area contributed by atoms with Crippen LogP contribution in [0.2, 0.25) is 0 Å². The minimum atomic E-state index is 0.236. The van der Waals surface area contributed by atoms with Crippen LogP contribution in [0.1, 0.15) is 37.0 Å². The van der Waals surface area contributed by atoms with E-state index in [-0.39, 0.29) is 6.10 Å². The molecule has 1 aromatic carbocycles. The van der Waals surface area contributed by atoms with Crippen molar-refractivity contribution in [3.05, 3.63) is 35.4 Å². The molecule has 3 rings (SSSR count). The van der Waals surface area contributed by atoms with E-state index in [0.29, 0.717) is 4.75 Å². The monoisotopic (exact) mass is 277 g/mol. The number of rotatable bonds is 4. The van der Waals surface area contributed by atoms with Gasteiger partial charge in [-0.2, -0.15) is 11.8 Å². The largest absolute Gasteiger partial charge is 0.372 e. The second kappa shape index (κ2) is 5.86. The van der Waals surface area contributed by atoms with Crippen LogP contribution in [0.5, 0.6) is 0 Å². The summed E-state index contributed by atoms with van der Waals surface area (Å²) >= 11 is 2.11. The number of benzene rings is 1. The molecular weight excluding hydrogens is 254 g/mol. The zero-order valence-corrected chi connectivity index (χ0v) is 12.5. The van der Waals surface area contributed by atoms with Gasteiger partial charge in [0.05, 0.1) is 12.7 Å². The van der Waals surface area contributed by atoms with E-state index in [2.05, 4.69) is 48.3 Å². The van der Waals surface area contributed by atoms with Crippen molar-refractivity contribution in [1.82, 2.24) is 5.32 Å². The van der Waals surface area contributed by atoms with Crippen LogP contribution in [0.15, 0.2) is 24.3 Å². The highest BCUT2D eigenvalue weighted by atomic mass is 32.2. The van der Waals surface area contributed by atoms with Gasteiger partial charge >= 0.3 is 0 Å². The van der Waals surface area contributed by atoms with Crippen LogP contribution in [-0.2, 0) is 11.2 Å². The molecule has 1 N–H and O–H groups in total. The van der Waals surface area contributed by atoms with Crippen LogP contribution in [0.4, 0.5) is 0 Å². The van der Waals surface area contributed by atoms with E-state index in [9.17, 15) is 0 Å². The third-order valence-corrected chi connectivity index (χ3v) is 5.76. The van der Waals surface area contributed by atoms with Crippen LogP contribution >= 0.6 is 11.8 Å². The molecule has 19 heavy (non-hydrogen) atoms. The minimum Gasteiger partial charge on any atom is -0.372 e. The van der Waals surface area contributed by atoms with E-state index >= 15 is 0 Å². The topological polar surface area (TPSA) is 21.3 Å². The molecule has 2 aliphatic rings. The summed E-state index contributed by atoms with van der Waals surface area (Å²) in [7, 11) is 0. The Bertz CT molecular complexity index is 429. The summed E-state index contributed by atoms with van der Waals surface area (Å²) in [5, 5.41) is 3.63. The van der Waals surface area contributed by atoms with Gasteiger partial charge in [0.2, 0.25) is 0 Å². The molecule has 0 radical (unpaired) electrons. The fourth-order valence-corrected chi connectivity index (χ4v) is 4.36. The smallest absolute Gasteiger partial charge is 0.0952 e. The van der Waals surface area contributed by atoms with Gasteiger partial charge in [-0.25, -0.2) is 0 Å². The molecule has 2 heterocycles. The molecule has 0 amide bonds. The third-order valence-electron chi connectivity index (χ3n) is 4.22. The molecule has 2 atom stereocenters. The van der Waals surface area contributed by atoms with Gasteiger partial charge in [-0.3, -0.25) is 0 Å². The molecule has 104 valence electrons. The van der Waals surface area contributed by atoms with Crippen molar-refractivity contribution in [2.24, 2.45) is 0 Å². The Morgan fingerprint density at radius 2 is 2.32 bits per heavy atom. The zero-order valence-electron chi connectivity index (χ0n) is 11.7. The Kier molecular flexibility index (Phi) is 4.15. The number of nitrogens with one attached hydrogen (secondary N) is 1. The Labute approximate surface area is 120 Å². The number of hydrogen-bond donors (Lipinski definition) is 1. The summed E-state index contributed by atoms with van der Waals surface area (Å²) in [6.45, 7) is 5.27. The molecule has 2 nitrogen and oxygen atoms in total. The number of hydrogen-bond acceptors (Lipinski definition) is 3. The molecule has 3 heteroatoms. The maximum absolute atomic E-state index is 5.93. The van der Waals surface area contributed by atoms with Crippen LogP contribution < -0.4 is 5.32 Å². The van der Waals surface area contributed by atoms with E-state index in [4.69, 9.17) is 4.74 Å². The van der Waals surface area contributed by atoms with E-state index in [1.54, 1.807) is 0 Å². The predicted octanol–water partition coefficient (Wildman–Crippen LogP) is 3.18. The molecule has 1 fully saturated rings. The summed E-state index contributed by atoms with van der Waals surface area (Å²) in [4.78, 5) is 0. The van der Waals surface area contributed by atoms with Crippen molar-refractivity contribution in [3.63, 3.8) is 0 Å². The quantitative estimate of drug-likeness (QED) is 0.913. The molecule has 0 bridgehead atoms. The van der Waals surface area contributed by atoms with Crippen LogP contribution in [-0.4, -0.2) is 30.2 Å². The molecule has 2 aliphatic heterocycles. The van der Waals surface area contributed by atoms with Crippen molar-refractivity contribution < 1.29 is 4.74 Å². The Morgan fingerprint density at radius 3 is 3.16 bits per heavy atom. The van der Waals surface area contributed by atoms with Gasteiger partial charge in [0.15, 0.2) is 0 Å². The fraction of sp³-hybridized carbons (Fsp3) is 0.625. The number of thioether (sulfide) groups is 1. The minimum absolute atomic E-state index is 0.236. The van der Waals surface area contributed by atoms with Crippen LogP contribution in [0.25, 0.3) is 0 Å². The predicted molar refractivity (Wildman–Crippen MR) is 81.8 cm³/mol. The van der Waals surface area contributed by atoms with Gasteiger partial charge in [0.1, 0.15) is 0 Å². The van der Waals surface area contributed by atoms with Crippen molar-refractivity contribution >= 4 is 11.8 Å². The normalized spacial score (nSPS) is 30.3. The summed E-state index contributed by atoms with van der Waals surface area (Å²) in [5.74, 6) is 1.32. The molecule has 1 saturated heterocycles. The first-order chi connectivity index (χ1) is 9.27. The number of fused-ring (bicyclic) bond motifs is 1. The first-order valence-electron chi connectivity index (χ1n) is 7.31. The van der Waals surface area contributed by atoms with E-state index < -0.39 is 0 Å². The van der Waals surface area contributed by atoms with E-state index in [1.165, 1.54) is 29.7 Å². The second-order valence-electron chi connectivity index (χ2n) is 5.84. The van der Waals surface area contributed by atoms with Crippen molar-refractivity contribution in [1.29, 1.82) is 0 Å². The second-order valence-corrected chi connectivity index (χ2v) is 7.52. The molecule has 0 aromatic heterocycles. The fourth-order valence-electron chi connectivity index (χ4n) is 3.09. The van der Waals surface area contributed by atoms with Crippen LogP contribution in [0.3, 0.4) is 0 Å². The number of ether oxygens (including phenoxy) is 1. The molecular formula is C16H23NOS. The molecule has 1 aromatic rings. The summed E-state index contributed by atoms with van der Waals surface area (Å²) < 4.78 is 6.37. The average molecular weight is 277 g/mol. The Morgan fingerprint density at radius 1 is 1.42 bits per heavy atom. The lowest BCUT2D eigenvalue weighted by Crippen LogP contribution is -2.36. The van der Waals surface area contributed by atoms with Gasteiger partial charge < -0.3 is 10.1 Å². The lowest BCUT2D eigenvalue weighted by molar-refractivity contribution is 0.0423. The van der Waals surface area contributed by atoms with Crippen molar-refractivity contribution in [2.75, 3.05) is 25.4 Å². The zero-order chi connectivity index (χ0) is 13.1. The van der Waals surface area contributed by atoms with Gasteiger partial charge in [0, 0.05) is 17.8 Å². The average Bonchev–Trinajstić information content (AvgIpc) is 2.86. The first kappa shape index (κ1) is 13.5. The molecule has 0 spiro atoms. The van der Waals surface area contributed by atoms with Crippen molar-refractivity contribution in [3.8, 4) is 0 Å². The van der Waals surface area contributed by atoms with E-state index in [1.807, 2.05) is 0 Å².